The number of hydrogen-bond acceptors (Lipinski definition) is 7. The molecule has 1 aromatic carbocycles. The second kappa shape index (κ2) is 11.9. The van der Waals surface area contributed by atoms with E-state index in [2.05, 4.69) is 28.2 Å². The summed E-state index contributed by atoms with van der Waals surface area (Å²) in [6.07, 6.45) is 2.00. The predicted octanol–water partition coefficient (Wildman–Crippen LogP) is -0.513. The topological polar surface area (TPSA) is 195 Å². The van der Waals surface area contributed by atoms with Crippen molar-refractivity contribution < 1.29 is 34.2 Å². The van der Waals surface area contributed by atoms with Crippen LogP contribution >= 0.6 is 12.6 Å². The zero-order valence-electron chi connectivity index (χ0n) is 19.3. The number of amides is 3. The number of benzene rings is 1. The van der Waals surface area contributed by atoms with Crippen molar-refractivity contribution in [2.75, 3.05) is 12.3 Å². The number of nitrogens with two attached hydrogens (primary N) is 1. The molecule has 0 radical (unpaired) electrons. The fraction of sp³-hybridized carbons (Fsp3) is 0.435. The van der Waals surface area contributed by atoms with Gasteiger partial charge in [-0.25, -0.2) is 4.79 Å². The summed E-state index contributed by atoms with van der Waals surface area (Å²) in [5.41, 5.74) is 7.15. The molecule has 2 aromatic rings. The molecule has 7 N–H and O–H groups in total. The molecule has 3 rings (SSSR count). The van der Waals surface area contributed by atoms with Crippen LogP contribution in [0.1, 0.15) is 24.8 Å². The number of carboxylic acid groups (broad SMARTS) is 2. The Morgan fingerprint density at radius 2 is 1.81 bits per heavy atom. The van der Waals surface area contributed by atoms with E-state index < -0.39 is 60.2 Å². The van der Waals surface area contributed by atoms with Gasteiger partial charge >= 0.3 is 11.9 Å². The van der Waals surface area contributed by atoms with E-state index in [1.165, 1.54) is 4.90 Å². The van der Waals surface area contributed by atoms with Crippen LogP contribution in [-0.4, -0.2) is 86.2 Å². The number of aromatic nitrogens is 1. The van der Waals surface area contributed by atoms with Crippen LogP contribution in [0.2, 0.25) is 0 Å². The Bertz CT molecular complexity index is 1150. The highest BCUT2D eigenvalue weighted by Gasteiger charge is 2.38. The summed E-state index contributed by atoms with van der Waals surface area (Å²) in [7, 11) is 0. The minimum atomic E-state index is -1.37. The first kappa shape index (κ1) is 27.0. The molecule has 1 saturated heterocycles. The van der Waals surface area contributed by atoms with Crippen molar-refractivity contribution in [1.82, 2.24) is 20.5 Å². The Hall–Kier alpha value is -3.58. The molecule has 0 spiro atoms. The quantitative estimate of drug-likeness (QED) is 0.193. The lowest BCUT2D eigenvalue weighted by molar-refractivity contribution is -0.149. The van der Waals surface area contributed by atoms with E-state index in [9.17, 15) is 29.1 Å². The highest BCUT2D eigenvalue weighted by molar-refractivity contribution is 7.80. The molecule has 1 aliphatic rings. The maximum Gasteiger partial charge on any atom is 0.326 e. The molecule has 1 aliphatic heterocycles. The van der Waals surface area contributed by atoms with Gasteiger partial charge in [-0.1, -0.05) is 18.2 Å². The lowest BCUT2D eigenvalue weighted by Crippen LogP contribution is -2.58. The van der Waals surface area contributed by atoms with Gasteiger partial charge in [-0.15, -0.1) is 0 Å². The molecule has 1 aromatic heterocycles. The number of para-hydroxylation sites is 1. The standard InChI is InChI=1S/C23H29N5O7S/c24-14(9-19(29)30)20(31)27-17(11-36)21(32)26-16(22(33)28-7-3-6-18(28)23(34)35)8-12-10-25-15-5-2-1-4-13(12)15/h1-2,4-5,10,14,16-18,25,36H,3,6-9,11,24H2,(H,26,32)(H,27,31)(H,29,30)(H,34,35). The van der Waals surface area contributed by atoms with E-state index >= 15 is 0 Å². The Labute approximate surface area is 212 Å². The second-order valence-electron chi connectivity index (χ2n) is 8.60. The van der Waals surface area contributed by atoms with Crippen molar-refractivity contribution in [2.45, 2.75) is 49.9 Å². The van der Waals surface area contributed by atoms with Crippen LogP contribution in [-0.2, 0) is 30.4 Å². The van der Waals surface area contributed by atoms with Gasteiger partial charge < -0.3 is 36.5 Å². The number of nitrogens with zero attached hydrogens (tertiary/aromatic N) is 1. The first-order chi connectivity index (χ1) is 17.1. The minimum absolute atomic E-state index is 0.0726. The van der Waals surface area contributed by atoms with Gasteiger partial charge in [0, 0.05) is 35.8 Å². The number of hydrogen-bond donors (Lipinski definition) is 7. The predicted molar refractivity (Wildman–Crippen MR) is 132 cm³/mol. The summed E-state index contributed by atoms with van der Waals surface area (Å²) in [5.74, 6) is -4.67. The minimum Gasteiger partial charge on any atom is -0.481 e. The third-order valence-electron chi connectivity index (χ3n) is 6.08. The number of carbonyl (C=O) groups is 5. The fourth-order valence-electron chi connectivity index (χ4n) is 4.23. The Morgan fingerprint density at radius 3 is 2.47 bits per heavy atom. The van der Waals surface area contributed by atoms with E-state index in [1.54, 1.807) is 6.20 Å². The molecule has 2 heterocycles. The lowest BCUT2D eigenvalue weighted by Gasteiger charge is -2.28. The zero-order valence-corrected chi connectivity index (χ0v) is 20.2. The Morgan fingerprint density at radius 1 is 1.11 bits per heavy atom. The molecule has 0 aliphatic carbocycles. The number of rotatable bonds is 11. The van der Waals surface area contributed by atoms with E-state index in [0.29, 0.717) is 12.8 Å². The van der Waals surface area contributed by atoms with Crippen molar-refractivity contribution >= 4 is 53.2 Å². The normalized spacial score (nSPS) is 17.8. The molecule has 4 atom stereocenters. The number of carboxylic acids is 2. The largest absolute Gasteiger partial charge is 0.481 e. The van der Waals surface area contributed by atoms with E-state index in [4.69, 9.17) is 10.8 Å². The summed E-state index contributed by atoms with van der Waals surface area (Å²) in [5, 5.41) is 24.2. The molecule has 4 unspecified atom stereocenters. The van der Waals surface area contributed by atoms with Crippen LogP contribution in [0.25, 0.3) is 10.9 Å². The van der Waals surface area contributed by atoms with E-state index in [-0.39, 0.29) is 18.7 Å². The number of carbonyl (C=O) groups excluding carboxylic acids is 3. The molecular weight excluding hydrogens is 490 g/mol. The van der Waals surface area contributed by atoms with Gasteiger partial charge in [0.05, 0.1) is 12.5 Å². The number of aromatic amines is 1. The van der Waals surface area contributed by atoms with Crippen LogP contribution < -0.4 is 16.4 Å². The number of thiol groups is 1. The van der Waals surface area contributed by atoms with E-state index in [0.717, 1.165) is 16.5 Å². The average Bonchev–Trinajstić information content (AvgIpc) is 3.48. The smallest absolute Gasteiger partial charge is 0.326 e. The number of likely N-dealkylation sites (tertiary alicyclic amines) is 1. The average molecular weight is 520 g/mol. The van der Waals surface area contributed by atoms with Gasteiger partial charge in [-0.3, -0.25) is 19.2 Å². The number of nitrogens with one attached hydrogen (secondary N) is 3. The molecule has 3 amide bonds. The van der Waals surface area contributed by atoms with Gasteiger partial charge in [0.15, 0.2) is 0 Å². The van der Waals surface area contributed by atoms with Gasteiger partial charge in [0.1, 0.15) is 18.1 Å². The molecule has 0 bridgehead atoms. The van der Waals surface area contributed by atoms with Crippen LogP contribution in [0.4, 0.5) is 0 Å². The SMILES string of the molecule is NC(CC(=O)O)C(=O)NC(CS)C(=O)NC(Cc1c[nH]c2ccccc12)C(=O)N1CCCC1C(=O)O. The number of H-pyrrole nitrogens is 1. The van der Waals surface area contributed by atoms with Crippen LogP contribution in [0.15, 0.2) is 30.5 Å². The van der Waals surface area contributed by atoms with Gasteiger partial charge in [-0.05, 0) is 24.5 Å². The van der Waals surface area contributed by atoms with Crippen molar-refractivity contribution in [3.8, 4) is 0 Å². The Balaban J connectivity index is 1.82. The molecule has 1 fully saturated rings. The van der Waals surface area contributed by atoms with Crippen molar-refractivity contribution in [3.63, 3.8) is 0 Å². The van der Waals surface area contributed by atoms with Crippen molar-refractivity contribution in [3.05, 3.63) is 36.0 Å². The summed E-state index contributed by atoms with van der Waals surface area (Å²) < 4.78 is 0. The summed E-state index contributed by atoms with van der Waals surface area (Å²) in [4.78, 5) is 65.6. The highest BCUT2D eigenvalue weighted by atomic mass is 32.1. The third kappa shape index (κ3) is 6.34. The van der Waals surface area contributed by atoms with Crippen molar-refractivity contribution in [2.24, 2.45) is 5.73 Å². The van der Waals surface area contributed by atoms with Gasteiger partial charge in [-0.2, -0.15) is 12.6 Å². The summed E-state index contributed by atoms with van der Waals surface area (Å²) in [6, 6.07) is 2.73. The molecule has 0 saturated carbocycles. The van der Waals surface area contributed by atoms with Crippen LogP contribution in [0, 0.1) is 0 Å². The number of fused-ring (bicyclic) bond motifs is 1. The second-order valence-corrected chi connectivity index (χ2v) is 8.97. The highest BCUT2D eigenvalue weighted by Crippen LogP contribution is 2.23. The fourth-order valence-corrected chi connectivity index (χ4v) is 4.49. The van der Waals surface area contributed by atoms with Crippen LogP contribution in [0.3, 0.4) is 0 Å². The summed E-state index contributed by atoms with van der Waals surface area (Å²) >= 11 is 4.10. The molecule has 13 heteroatoms. The first-order valence-corrected chi connectivity index (χ1v) is 12.0. The van der Waals surface area contributed by atoms with Crippen molar-refractivity contribution in [1.29, 1.82) is 0 Å². The number of aliphatic carboxylic acids is 2. The lowest BCUT2D eigenvalue weighted by atomic mass is 10.0. The van der Waals surface area contributed by atoms with E-state index in [1.807, 2.05) is 24.3 Å². The molecular formula is C23H29N5O7S. The summed E-state index contributed by atoms with van der Waals surface area (Å²) in [6.45, 7) is 0.243. The molecule has 194 valence electrons. The first-order valence-electron chi connectivity index (χ1n) is 11.4. The van der Waals surface area contributed by atoms with Gasteiger partial charge in [0.2, 0.25) is 17.7 Å². The maximum atomic E-state index is 13.5. The Kier molecular flexibility index (Phi) is 8.93. The monoisotopic (exact) mass is 519 g/mol. The van der Waals surface area contributed by atoms with Crippen LogP contribution in [0.5, 0.6) is 0 Å². The van der Waals surface area contributed by atoms with Gasteiger partial charge in [0.25, 0.3) is 0 Å². The maximum absolute atomic E-state index is 13.5. The third-order valence-corrected chi connectivity index (χ3v) is 6.45. The zero-order chi connectivity index (χ0) is 26.4. The molecule has 36 heavy (non-hydrogen) atoms. The molecule has 12 nitrogen and oxygen atoms in total.